The molecule has 1 unspecified atom stereocenters. The Morgan fingerprint density at radius 2 is 1.93 bits per heavy atom. The summed E-state index contributed by atoms with van der Waals surface area (Å²) in [6.07, 6.45) is 2.12. The van der Waals surface area contributed by atoms with Crippen molar-refractivity contribution in [1.29, 1.82) is 0 Å². The van der Waals surface area contributed by atoms with Gasteiger partial charge in [0.25, 0.3) is 0 Å². The maximum absolute atomic E-state index is 12.6. The van der Waals surface area contributed by atoms with Crippen LogP contribution in [0.1, 0.15) is 18.4 Å². The smallest absolute Gasteiger partial charge is 0.233 e. The lowest BCUT2D eigenvalue weighted by atomic mass is 10.0. The summed E-state index contributed by atoms with van der Waals surface area (Å²) in [5, 5.41) is 0. The van der Waals surface area contributed by atoms with Crippen molar-refractivity contribution in [3.05, 3.63) is 52.5 Å². The molecule has 0 saturated carbocycles. The standard InChI is InChI=1S/C20H24BrNO6S2/c21-17-6-5-16(19(13-17)28-14-15-7-10-27-11-8-15)9-12-30(25,26)22-18-3-1-2-4-20(18)29(23)24/h1-6,13,15,22H,7-12,14H2,(H,23,24)/p-1. The van der Waals surface area contributed by atoms with Gasteiger partial charge in [-0.25, -0.2) is 8.42 Å². The summed E-state index contributed by atoms with van der Waals surface area (Å²) >= 11 is 0.892. The van der Waals surface area contributed by atoms with Crippen LogP contribution >= 0.6 is 15.9 Å². The number of anilines is 1. The van der Waals surface area contributed by atoms with Crippen LogP contribution in [-0.4, -0.2) is 42.8 Å². The molecule has 1 atom stereocenters. The number of hydrogen-bond donors (Lipinski definition) is 1. The predicted molar refractivity (Wildman–Crippen MR) is 118 cm³/mol. The average Bonchev–Trinajstić information content (AvgIpc) is 2.72. The molecule has 0 aliphatic carbocycles. The normalized spacial score (nSPS) is 16.2. The minimum Gasteiger partial charge on any atom is -0.768 e. The minimum atomic E-state index is -3.76. The molecule has 7 nitrogen and oxygen atoms in total. The van der Waals surface area contributed by atoms with Crippen LogP contribution in [-0.2, 0) is 32.3 Å². The quantitative estimate of drug-likeness (QED) is 0.511. The zero-order chi connectivity index (χ0) is 21.6. The fraction of sp³-hybridized carbons (Fsp3) is 0.400. The number of para-hydroxylation sites is 1. The fourth-order valence-electron chi connectivity index (χ4n) is 3.15. The van der Waals surface area contributed by atoms with Crippen LogP contribution in [0.3, 0.4) is 0 Å². The van der Waals surface area contributed by atoms with E-state index in [0.717, 1.165) is 36.1 Å². The van der Waals surface area contributed by atoms with Crippen molar-refractivity contribution >= 4 is 42.7 Å². The molecule has 2 aromatic rings. The van der Waals surface area contributed by atoms with Gasteiger partial charge < -0.3 is 14.0 Å². The Morgan fingerprint density at radius 3 is 2.67 bits per heavy atom. The maximum Gasteiger partial charge on any atom is 0.233 e. The maximum atomic E-state index is 12.6. The van der Waals surface area contributed by atoms with Gasteiger partial charge in [-0.15, -0.1) is 0 Å². The molecule has 10 heteroatoms. The number of sulfonamides is 1. The fourth-order valence-corrected chi connectivity index (χ4v) is 5.15. The molecule has 2 aromatic carbocycles. The van der Waals surface area contributed by atoms with Crippen molar-refractivity contribution in [3.8, 4) is 5.75 Å². The monoisotopic (exact) mass is 516 g/mol. The van der Waals surface area contributed by atoms with Crippen LogP contribution in [0.2, 0.25) is 0 Å². The molecule has 1 saturated heterocycles. The Hall–Kier alpha value is -1.46. The number of hydrogen-bond acceptors (Lipinski definition) is 6. The van der Waals surface area contributed by atoms with E-state index in [1.54, 1.807) is 6.07 Å². The van der Waals surface area contributed by atoms with Crippen LogP contribution in [0.4, 0.5) is 5.69 Å². The molecule has 1 aliphatic rings. The van der Waals surface area contributed by atoms with E-state index in [0.29, 0.717) is 18.3 Å². The second-order valence-corrected chi connectivity index (χ2v) is 10.7. The third kappa shape index (κ3) is 6.78. The Bertz CT molecular complexity index is 993. The van der Waals surface area contributed by atoms with Gasteiger partial charge >= 0.3 is 0 Å². The molecule has 1 aliphatic heterocycles. The van der Waals surface area contributed by atoms with Crippen LogP contribution in [0, 0.1) is 5.92 Å². The first-order chi connectivity index (χ1) is 14.3. The minimum absolute atomic E-state index is 0.0395. The van der Waals surface area contributed by atoms with Crippen LogP contribution in [0.5, 0.6) is 5.75 Å². The van der Waals surface area contributed by atoms with E-state index >= 15 is 0 Å². The van der Waals surface area contributed by atoms with E-state index in [1.807, 2.05) is 18.2 Å². The van der Waals surface area contributed by atoms with Gasteiger partial charge in [-0.05, 0) is 66.1 Å². The molecule has 1 N–H and O–H groups in total. The SMILES string of the molecule is O=S([O-])c1ccccc1NS(=O)(=O)CCc1ccc(Br)cc1OCC1CCOCC1. The topological polar surface area (TPSA) is 105 Å². The molecule has 0 aromatic heterocycles. The first kappa shape index (κ1) is 23.2. The number of rotatable bonds is 9. The highest BCUT2D eigenvalue weighted by Crippen LogP contribution is 2.27. The lowest BCUT2D eigenvalue weighted by molar-refractivity contribution is 0.0496. The van der Waals surface area contributed by atoms with Gasteiger partial charge in [0.15, 0.2) is 0 Å². The summed E-state index contributed by atoms with van der Waals surface area (Å²) in [6.45, 7) is 2.03. The summed E-state index contributed by atoms with van der Waals surface area (Å²) in [5.41, 5.74) is 0.814. The summed E-state index contributed by atoms with van der Waals surface area (Å²) in [5.74, 6) is 0.856. The molecule has 1 fully saturated rings. The van der Waals surface area contributed by atoms with Crippen molar-refractivity contribution in [2.45, 2.75) is 24.2 Å². The van der Waals surface area contributed by atoms with E-state index in [2.05, 4.69) is 20.7 Å². The highest BCUT2D eigenvalue weighted by Gasteiger charge is 2.18. The average molecular weight is 517 g/mol. The number of aryl methyl sites for hydroxylation is 1. The van der Waals surface area contributed by atoms with E-state index < -0.39 is 21.1 Å². The summed E-state index contributed by atoms with van der Waals surface area (Å²) in [7, 11) is -3.76. The van der Waals surface area contributed by atoms with Gasteiger partial charge in [0, 0.05) is 22.6 Å². The lowest BCUT2D eigenvalue weighted by Crippen LogP contribution is -2.22. The number of benzene rings is 2. The first-order valence-electron chi connectivity index (χ1n) is 9.52. The van der Waals surface area contributed by atoms with Crippen molar-refractivity contribution in [2.24, 2.45) is 5.92 Å². The lowest BCUT2D eigenvalue weighted by Gasteiger charge is -2.23. The molecule has 0 radical (unpaired) electrons. The van der Waals surface area contributed by atoms with Crippen LogP contribution in [0.25, 0.3) is 0 Å². The predicted octanol–water partition coefficient (Wildman–Crippen LogP) is 3.48. The van der Waals surface area contributed by atoms with Gasteiger partial charge in [-0.1, -0.05) is 34.1 Å². The van der Waals surface area contributed by atoms with Crippen molar-refractivity contribution in [1.82, 2.24) is 0 Å². The zero-order valence-electron chi connectivity index (χ0n) is 16.2. The molecule has 164 valence electrons. The first-order valence-corrected chi connectivity index (χ1v) is 13.0. The van der Waals surface area contributed by atoms with Gasteiger partial charge in [0.1, 0.15) is 5.75 Å². The van der Waals surface area contributed by atoms with Gasteiger partial charge in [0.2, 0.25) is 10.0 Å². The van der Waals surface area contributed by atoms with Crippen molar-refractivity contribution < 1.29 is 26.7 Å². The van der Waals surface area contributed by atoms with Crippen molar-refractivity contribution in [2.75, 3.05) is 30.3 Å². The largest absolute Gasteiger partial charge is 0.768 e. The summed E-state index contributed by atoms with van der Waals surface area (Å²) in [6, 6.07) is 11.4. The highest BCUT2D eigenvalue weighted by atomic mass is 79.9. The molecule has 0 spiro atoms. The Labute approximate surface area is 187 Å². The van der Waals surface area contributed by atoms with E-state index in [-0.39, 0.29) is 22.8 Å². The molecule has 0 bridgehead atoms. The van der Waals surface area contributed by atoms with Crippen LogP contribution < -0.4 is 9.46 Å². The Balaban J connectivity index is 1.66. The second-order valence-electron chi connectivity index (χ2n) is 7.02. The van der Waals surface area contributed by atoms with E-state index in [1.165, 1.54) is 18.2 Å². The molecular formula is C20H23BrNO6S2-. The van der Waals surface area contributed by atoms with Crippen LogP contribution in [0.15, 0.2) is 51.8 Å². The van der Waals surface area contributed by atoms with Gasteiger partial charge in [-0.2, -0.15) is 0 Å². The number of ether oxygens (including phenoxy) is 2. The van der Waals surface area contributed by atoms with Gasteiger partial charge in [0.05, 0.1) is 18.0 Å². The zero-order valence-corrected chi connectivity index (χ0v) is 19.4. The third-order valence-corrected chi connectivity index (χ3v) is 7.30. The van der Waals surface area contributed by atoms with E-state index in [4.69, 9.17) is 9.47 Å². The third-order valence-electron chi connectivity index (χ3n) is 4.82. The molecular weight excluding hydrogens is 494 g/mol. The molecule has 3 rings (SSSR count). The molecule has 1 heterocycles. The van der Waals surface area contributed by atoms with E-state index in [9.17, 15) is 17.2 Å². The summed E-state index contributed by atoms with van der Waals surface area (Å²) < 4.78 is 62.3. The summed E-state index contributed by atoms with van der Waals surface area (Å²) in [4.78, 5) is -0.0924. The number of nitrogens with one attached hydrogen (secondary N) is 1. The molecule has 30 heavy (non-hydrogen) atoms. The molecule has 0 amide bonds. The Kier molecular flexibility index (Phi) is 8.29. The number of halogens is 1. The highest BCUT2D eigenvalue weighted by molar-refractivity contribution is 9.10. The van der Waals surface area contributed by atoms with Gasteiger partial charge in [-0.3, -0.25) is 8.93 Å². The van der Waals surface area contributed by atoms with Crippen molar-refractivity contribution in [3.63, 3.8) is 0 Å². The Morgan fingerprint density at radius 1 is 1.20 bits per heavy atom. The second kappa shape index (κ2) is 10.7.